The largest absolute Gasteiger partial charge is 0.469 e. The molecule has 1 amide bonds. The summed E-state index contributed by atoms with van der Waals surface area (Å²) >= 11 is 0. The van der Waals surface area contributed by atoms with E-state index in [2.05, 4.69) is 5.32 Å². The van der Waals surface area contributed by atoms with Gasteiger partial charge < -0.3 is 9.73 Å². The fourth-order valence-corrected chi connectivity index (χ4v) is 2.73. The van der Waals surface area contributed by atoms with Crippen LogP contribution in [-0.4, -0.2) is 11.7 Å². The Morgan fingerprint density at radius 3 is 2.50 bits per heavy atom. The molecule has 1 aromatic heterocycles. The van der Waals surface area contributed by atoms with Crippen LogP contribution in [-0.2, 0) is 11.2 Å². The number of ketones is 1. The highest BCUT2D eigenvalue weighted by Crippen LogP contribution is 2.24. The van der Waals surface area contributed by atoms with Gasteiger partial charge in [0.1, 0.15) is 11.6 Å². The highest BCUT2D eigenvalue weighted by molar-refractivity contribution is 5.99. The average molecular weight is 351 g/mol. The number of furan rings is 1. The molecule has 1 heterocycles. The molecule has 0 aliphatic rings. The number of Topliss-reactive ketones (excluding diaryl/α,β-unsaturated/α-hetero) is 1. The summed E-state index contributed by atoms with van der Waals surface area (Å²) < 4.78 is 18.6. The van der Waals surface area contributed by atoms with Gasteiger partial charge in [-0.15, -0.1) is 0 Å². The predicted molar refractivity (Wildman–Crippen MR) is 96.6 cm³/mol. The van der Waals surface area contributed by atoms with Crippen LogP contribution in [0, 0.1) is 5.82 Å². The zero-order valence-electron chi connectivity index (χ0n) is 14.2. The molecule has 0 spiro atoms. The second kappa shape index (κ2) is 7.78. The van der Waals surface area contributed by atoms with Crippen molar-refractivity contribution in [3.8, 4) is 0 Å². The maximum absolute atomic E-state index is 13.2. The molecular weight excluding hydrogens is 333 g/mol. The number of nitrogens with one attached hydrogen (secondary N) is 1. The lowest BCUT2D eigenvalue weighted by molar-refractivity contribution is -0.117. The van der Waals surface area contributed by atoms with Crippen molar-refractivity contribution in [2.24, 2.45) is 0 Å². The summed E-state index contributed by atoms with van der Waals surface area (Å²) in [6.45, 7) is 1.47. The van der Waals surface area contributed by atoms with Gasteiger partial charge in [-0.3, -0.25) is 9.59 Å². The number of hydrogen-bond acceptors (Lipinski definition) is 3. The van der Waals surface area contributed by atoms with E-state index >= 15 is 0 Å². The molecule has 0 fully saturated rings. The minimum atomic E-state index is -0.553. The summed E-state index contributed by atoms with van der Waals surface area (Å²) in [5, 5.41) is 2.84. The van der Waals surface area contributed by atoms with Gasteiger partial charge in [-0.2, -0.15) is 0 Å². The third kappa shape index (κ3) is 4.25. The molecule has 1 N–H and O–H groups in total. The zero-order valence-corrected chi connectivity index (χ0v) is 14.2. The Bertz CT molecular complexity index is 901. The van der Waals surface area contributed by atoms with Crippen LogP contribution in [0.1, 0.15) is 34.5 Å². The maximum atomic E-state index is 13.2. The number of benzene rings is 2. The number of carbonyl (C=O) groups excluding carboxylic acids is 2. The van der Waals surface area contributed by atoms with Crippen molar-refractivity contribution in [2.45, 2.75) is 19.3 Å². The molecule has 0 bridgehead atoms. The van der Waals surface area contributed by atoms with Crippen LogP contribution in [0.2, 0.25) is 0 Å². The molecule has 3 rings (SSSR count). The normalized spacial score (nSPS) is 11.8. The van der Waals surface area contributed by atoms with Gasteiger partial charge in [-0.25, -0.2) is 4.39 Å². The molecule has 0 saturated heterocycles. The maximum Gasteiger partial charge on any atom is 0.232 e. The second-order valence-corrected chi connectivity index (χ2v) is 6.01. The van der Waals surface area contributed by atoms with Crippen LogP contribution in [0.5, 0.6) is 0 Å². The number of anilines is 1. The van der Waals surface area contributed by atoms with E-state index in [0.29, 0.717) is 29.0 Å². The van der Waals surface area contributed by atoms with Crippen LogP contribution in [0.4, 0.5) is 10.1 Å². The molecule has 0 aliphatic carbocycles. The van der Waals surface area contributed by atoms with Gasteiger partial charge in [-0.1, -0.05) is 24.3 Å². The van der Waals surface area contributed by atoms with Gasteiger partial charge in [0.25, 0.3) is 0 Å². The van der Waals surface area contributed by atoms with E-state index < -0.39 is 5.92 Å². The van der Waals surface area contributed by atoms with Crippen molar-refractivity contribution in [3.05, 3.63) is 89.6 Å². The van der Waals surface area contributed by atoms with E-state index in [-0.39, 0.29) is 17.5 Å². The van der Waals surface area contributed by atoms with Gasteiger partial charge in [0.15, 0.2) is 5.78 Å². The minimum Gasteiger partial charge on any atom is -0.469 e. The highest BCUT2D eigenvalue weighted by atomic mass is 19.1. The quantitative estimate of drug-likeness (QED) is 0.661. The SMILES string of the molecule is CC(=O)c1cccc(NC(=O)C(Cc2ccco2)c2ccc(F)cc2)c1. The summed E-state index contributed by atoms with van der Waals surface area (Å²) in [6.07, 6.45) is 1.89. The number of amides is 1. The first-order valence-corrected chi connectivity index (χ1v) is 8.22. The van der Waals surface area contributed by atoms with Crippen LogP contribution in [0.25, 0.3) is 0 Å². The zero-order chi connectivity index (χ0) is 18.5. The molecule has 1 atom stereocenters. The Balaban J connectivity index is 1.85. The highest BCUT2D eigenvalue weighted by Gasteiger charge is 2.23. The molecule has 4 nitrogen and oxygen atoms in total. The van der Waals surface area contributed by atoms with Gasteiger partial charge in [0.2, 0.25) is 5.91 Å². The average Bonchev–Trinajstić information content (AvgIpc) is 3.14. The molecule has 0 radical (unpaired) electrons. The third-order valence-electron chi connectivity index (χ3n) is 4.11. The lowest BCUT2D eigenvalue weighted by Gasteiger charge is -2.17. The number of hydrogen-bond donors (Lipinski definition) is 1. The first-order valence-electron chi connectivity index (χ1n) is 8.22. The fraction of sp³-hybridized carbons (Fsp3) is 0.143. The third-order valence-corrected chi connectivity index (χ3v) is 4.11. The first-order chi connectivity index (χ1) is 12.5. The summed E-state index contributed by atoms with van der Waals surface area (Å²) in [5.41, 5.74) is 1.74. The lowest BCUT2D eigenvalue weighted by Crippen LogP contribution is -2.23. The Hall–Kier alpha value is -3.21. The minimum absolute atomic E-state index is 0.0771. The Kier molecular flexibility index (Phi) is 5.27. The van der Waals surface area contributed by atoms with E-state index in [9.17, 15) is 14.0 Å². The van der Waals surface area contributed by atoms with Crippen molar-refractivity contribution in [1.82, 2.24) is 0 Å². The Morgan fingerprint density at radius 2 is 1.85 bits per heavy atom. The summed E-state index contributed by atoms with van der Waals surface area (Å²) in [7, 11) is 0. The molecule has 26 heavy (non-hydrogen) atoms. The van der Waals surface area contributed by atoms with Crippen LogP contribution in [0.15, 0.2) is 71.3 Å². The predicted octanol–water partition coefficient (Wildman–Crippen LogP) is 4.59. The van der Waals surface area contributed by atoms with Crippen molar-refractivity contribution in [1.29, 1.82) is 0 Å². The number of carbonyl (C=O) groups is 2. The molecule has 0 aliphatic heterocycles. The van der Waals surface area contributed by atoms with Gasteiger partial charge in [-0.05, 0) is 48.9 Å². The number of rotatable bonds is 6. The Morgan fingerprint density at radius 1 is 1.08 bits per heavy atom. The summed E-state index contributed by atoms with van der Waals surface area (Å²) in [6, 6.07) is 16.1. The Labute approximate surface area is 150 Å². The topological polar surface area (TPSA) is 59.3 Å². The van der Waals surface area contributed by atoms with E-state index in [1.54, 1.807) is 54.8 Å². The standard InChI is InChI=1S/C21H18FNO3/c1-14(24)16-4-2-5-18(12-16)23-21(25)20(13-19-6-3-11-26-19)15-7-9-17(22)10-8-15/h2-12,20H,13H2,1H3,(H,23,25). The van der Waals surface area contributed by atoms with E-state index in [0.717, 1.165) is 0 Å². The smallest absolute Gasteiger partial charge is 0.232 e. The molecule has 0 saturated carbocycles. The molecule has 1 unspecified atom stereocenters. The van der Waals surface area contributed by atoms with Crippen LogP contribution < -0.4 is 5.32 Å². The summed E-state index contributed by atoms with van der Waals surface area (Å²) in [5.74, 6) is -0.588. The fourth-order valence-electron chi connectivity index (χ4n) is 2.73. The van der Waals surface area contributed by atoms with E-state index in [1.807, 2.05) is 0 Å². The molecule has 2 aromatic carbocycles. The molecular formula is C21H18FNO3. The van der Waals surface area contributed by atoms with Crippen molar-refractivity contribution >= 4 is 17.4 Å². The van der Waals surface area contributed by atoms with Gasteiger partial charge >= 0.3 is 0 Å². The molecule has 5 heteroatoms. The van der Waals surface area contributed by atoms with Crippen LogP contribution in [0.3, 0.4) is 0 Å². The van der Waals surface area contributed by atoms with Gasteiger partial charge in [0.05, 0.1) is 12.2 Å². The molecule has 3 aromatic rings. The van der Waals surface area contributed by atoms with Crippen molar-refractivity contribution < 1.29 is 18.4 Å². The van der Waals surface area contributed by atoms with E-state index in [1.165, 1.54) is 19.1 Å². The molecule has 132 valence electrons. The monoisotopic (exact) mass is 351 g/mol. The lowest BCUT2D eigenvalue weighted by atomic mass is 9.93. The van der Waals surface area contributed by atoms with E-state index in [4.69, 9.17) is 4.42 Å². The van der Waals surface area contributed by atoms with Crippen molar-refractivity contribution in [3.63, 3.8) is 0 Å². The second-order valence-electron chi connectivity index (χ2n) is 6.01. The number of halogens is 1. The van der Waals surface area contributed by atoms with Crippen molar-refractivity contribution in [2.75, 3.05) is 5.32 Å². The van der Waals surface area contributed by atoms with Gasteiger partial charge in [0, 0.05) is 17.7 Å². The van der Waals surface area contributed by atoms with Crippen LogP contribution >= 0.6 is 0 Å². The summed E-state index contributed by atoms with van der Waals surface area (Å²) in [4.78, 5) is 24.4. The first kappa shape index (κ1) is 17.6.